The second kappa shape index (κ2) is 8.49. The lowest BCUT2D eigenvalue weighted by Crippen LogP contribution is -2.14. The van der Waals surface area contributed by atoms with Gasteiger partial charge in [-0.2, -0.15) is 0 Å². The van der Waals surface area contributed by atoms with Crippen LogP contribution in [0.15, 0.2) is 35.7 Å². The molecule has 3 N–H and O–H groups in total. The summed E-state index contributed by atoms with van der Waals surface area (Å²) in [5.41, 5.74) is 10.8. The number of anilines is 2. The number of pyridine rings is 1. The summed E-state index contributed by atoms with van der Waals surface area (Å²) in [4.78, 5) is 31.7. The number of nitrogens with zero attached hydrogens (tertiary/aromatic N) is 1. The van der Waals surface area contributed by atoms with Crippen molar-refractivity contribution in [2.24, 2.45) is 0 Å². The lowest BCUT2D eigenvalue weighted by molar-refractivity contribution is 0.0603. The maximum Gasteiger partial charge on any atom is 0.341 e. The normalized spacial score (nSPS) is 12.5. The molecule has 0 saturated heterocycles. The van der Waals surface area contributed by atoms with Gasteiger partial charge in [-0.15, -0.1) is 22.7 Å². The third-order valence-electron chi connectivity index (χ3n) is 5.76. The Balaban J connectivity index is 1.50. The Bertz CT molecular complexity index is 1390. The molecule has 0 unspecified atom stereocenters. The number of thiophene rings is 2. The third kappa shape index (κ3) is 3.73. The standard InChI is InChI=1S/C24H21N3O4S2/c1-30-14-8-6-12(7-9-14)16-11-32-23(18(16)24(29)31-2)27-21(28)20-19(25)15-10-13-4-3-5-17(13)26-22(15)33-20/h6-11H,3-5,25H2,1-2H3,(H,27,28). The van der Waals surface area contributed by atoms with E-state index in [4.69, 9.17) is 20.2 Å². The van der Waals surface area contributed by atoms with E-state index in [0.717, 1.165) is 40.7 Å². The fourth-order valence-corrected chi connectivity index (χ4v) is 6.01. The summed E-state index contributed by atoms with van der Waals surface area (Å²) in [6.07, 6.45) is 3.04. The molecule has 1 aliphatic carbocycles. The summed E-state index contributed by atoms with van der Waals surface area (Å²) >= 11 is 2.53. The van der Waals surface area contributed by atoms with Crippen molar-refractivity contribution < 1.29 is 19.1 Å². The van der Waals surface area contributed by atoms with Gasteiger partial charge < -0.3 is 20.5 Å². The summed E-state index contributed by atoms with van der Waals surface area (Å²) in [5.74, 6) is -0.189. The Hall–Kier alpha value is -3.43. The quantitative estimate of drug-likeness (QED) is 0.384. The molecule has 0 radical (unpaired) electrons. The number of ether oxygens (including phenoxy) is 2. The summed E-state index contributed by atoms with van der Waals surface area (Å²) in [7, 11) is 2.91. The number of carbonyl (C=O) groups is 2. The van der Waals surface area contributed by atoms with E-state index in [9.17, 15) is 9.59 Å². The summed E-state index contributed by atoms with van der Waals surface area (Å²) in [5, 5.41) is 5.91. The highest BCUT2D eigenvalue weighted by atomic mass is 32.1. The van der Waals surface area contributed by atoms with Gasteiger partial charge in [0.05, 0.1) is 19.9 Å². The van der Waals surface area contributed by atoms with Crippen LogP contribution in [0.25, 0.3) is 21.3 Å². The molecule has 1 aromatic carbocycles. The van der Waals surface area contributed by atoms with E-state index < -0.39 is 5.97 Å². The van der Waals surface area contributed by atoms with Gasteiger partial charge in [0.25, 0.3) is 5.91 Å². The number of benzene rings is 1. The molecule has 5 rings (SSSR count). The number of fused-ring (bicyclic) bond motifs is 2. The van der Waals surface area contributed by atoms with Gasteiger partial charge in [0.1, 0.15) is 26.0 Å². The van der Waals surface area contributed by atoms with E-state index >= 15 is 0 Å². The monoisotopic (exact) mass is 479 g/mol. The zero-order chi connectivity index (χ0) is 23.1. The molecule has 0 fully saturated rings. The summed E-state index contributed by atoms with van der Waals surface area (Å²) in [6.45, 7) is 0. The molecule has 33 heavy (non-hydrogen) atoms. The van der Waals surface area contributed by atoms with Gasteiger partial charge in [-0.25, -0.2) is 9.78 Å². The number of rotatable bonds is 5. The Labute approximate surface area is 198 Å². The number of carbonyl (C=O) groups excluding carboxylic acids is 2. The van der Waals surface area contributed by atoms with Crippen LogP contribution in [0.1, 0.15) is 37.7 Å². The van der Waals surface area contributed by atoms with Crippen LogP contribution in [0, 0.1) is 0 Å². The molecule has 0 saturated carbocycles. The molecule has 1 amide bonds. The first-order chi connectivity index (χ1) is 16.0. The smallest absolute Gasteiger partial charge is 0.341 e. The van der Waals surface area contributed by atoms with Gasteiger partial charge in [0, 0.05) is 22.0 Å². The number of hydrogen-bond donors (Lipinski definition) is 2. The second-order valence-electron chi connectivity index (χ2n) is 7.67. The first-order valence-electron chi connectivity index (χ1n) is 10.4. The number of methoxy groups -OCH3 is 2. The Morgan fingerprint density at radius 1 is 1.15 bits per heavy atom. The predicted octanol–water partition coefficient (Wildman–Crippen LogP) is 5.14. The van der Waals surface area contributed by atoms with E-state index in [0.29, 0.717) is 32.4 Å². The predicted molar refractivity (Wildman–Crippen MR) is 132 cm³/mol. The molecule has 168 valence electrons. The SMILES string of the molecule is COC(=O)c1c(-c2ccc(OC)cc2)csc1NC(=O)c1sc2nc3c(cc2c1N)CCC3. The van der Waals surface area contributed by atoms with Crippen molar-refractivity contribution in [3.8, 4) is 16.9 Å². The van der Waals surface area contributed by atoms with E-state index in [-0.39, 0.29) is 5.91 Å². The van der Waals surface area contributed by atoms with Crippen molar-refractivity contribution in [2.75, 3.05) is 25.3 Å². The van der Waals surface area contributed by atoms with Crippen LogP contribution in [0.2, 0.25) is 0 Å². The number of amides is 1. The van der Waals surface area contributed by atoms with E-state index in [1.54, 1.807) is 7.11 Å². The average Bonchev–Trinajstić information content (AvgIpc) is 3.54. The molecule has 7 nitrogen and oxygen atoms in total. The molecular weight excluding hydrogens is 458 g/mol. The Kier molecular flexibility index (Phi) is 5.51. The molecule has 3 heterocycles. The summed E-state index contributed by atoms with van der Waals surface area (Å²) < 4.78 is 10.2. The van der Waals surface area contributed by atoms with Crippen LogP contribution in [-0.4, -0.2) is 31.1 Å². The number of aromatic nitrogens is 1. The van der Waals surface area contributed by atoms with Crippen molar-refractivity contribution in [2.45, 2.75) is 19.3 Å². The average molecular weight is 480 g/mol. The minimum absolute atomic E-state index is 0.304. The van der Waals surface area contributed by atoms with Crippen molar-refractivity contribution in [1.29, 1.82) is 0 Å². The van der Waals surface area contributed by atoms with E-state index in [2.05, 4.69) is 11.4 Å². The van der Waals surface area contributed by atoms with Gasteiger partial charge in [0.2, 0.25) is 0 Å². The minimum atomic E-state index is -0.528. The molecule has 0 aliphatic heterocycles. The van der Waals surface area contributed by atoms with Crippen molar-refractivity contribution in [1.82, 2.24) is 4.98 Å². The number of nitrogen functional groups attached to an aromatic ring is 1. The molecule has 0 bridgehead atoms. The zero-order valence-electron chi connectivity index (χ0n) is 18.1. The van der Waals surface area contributed by atoms with Gasteiger partial charge in [0.15, 0.2) is 0 Å². The molecule has 4 aromatic rings. The number of hydrogen-bond acceptors (Lipinski definition) is 8. The van der Waals surface area contributed by atoms with Crippen LogP contribution in [0.3, 0.4) is 0 Å². The highest BCUT2D eigenvalue weighted by molar-refractivity contribution is 7.21. The van der Waals surface area contributed by atoms with Crippen LogP contribution >= 0.6 is 22.7 Å². The first kappa shape index (κ1) is 21.4. The molecule has 1 aliphatic rings. The van der Waals surface area contributed by atoms with Crippen LogP contribution < -0.4 is 15.8 Å². The Morgan fingerprint density at radius 3 is 2.67 bits per heavy atom. The summed E-state index contributed by atoms with van der Waals surface area (Å²) in [6, 6.07) is 9.39. The van der Waals surface area contributed by atoms with Gasteiger partial charge >= 0.3 is 5.97 Å². The number of nitrogens with two attached hydrogens (primary N) is 1. The number of nitrogens with one attached hydrogen (secondary N) is 1. The van der Waals surface area contributed by atoms with Crippen molar-refractivity contribution in [3.05, 3.63) is 57.4 Å². The molecular formula is C24H21N3O4S2. The molecule has 0 spiro atoms. The van der Waals surface area contributed by atoms with Crippen LogP contribution in [0.4, 0.5) is 10.7 Å². The van der Waals surface area contributed by atoms with Gasteiger partial charge in [-0.3, -0.25) is 4.79 Å². The van der Waals surface area contributed by atoms with Crippen molar-refractivity contribution >= 4 is 55.5 Å². The Morgan fingerprint density at radius 2 is 1.94 bits per heavy atom. The second-order valence-corrected chi connectivity index (χ2v) is 9.55. The highest BCUT2D eigenvalue weighted by Gasteiger charge is 2.25. The van der Waals surface area contributed by atoms with Crippen LogP contribution in [-0.2, 0) is 17.6 Å². The third-order valence-corrected chi connectivity index (χ3v) is 7.77. The lowest BCUT2D eigenvalue weighted by atomic mass is 10.0. The molecule has 0 atom stereocenters. The zero-order valence-corrected chi connectivity index (χ0v) is 19.7. The largest absolute Gasteiger partial charge is 0.497 e. The van der Waals surface area contributed by atoms with Gasteiger partial charge in [-0.05, 0) is 48.6 Å². The maximum atomic E-state index is 13.2. The fraction of sp³-hybridized carbons (Fsp3) is 0.208. The van der Waals surface area contributed by atoms with Gasteiger partial charge in [-0.1, -0.05) is 12.1 Å². The van der Waals surface area contributed by atoms with Crippen LogP contribution in [0.5, 0.6) is 5.75 Å². The fourth-order valence-electron chi connectivity index (χ4n) is 4.06. The van der Waals surface area contributed by atoms with E-state index in [1.807, 2.05) is 29.6 Å². The maximum absolute atomic E-state index is 13.2. The molecule has 3 aromatic heterocycles. The molecule has 9 heteroatoms. The highest BCUT2D eigenvalue weighted by Crippen LogP contribution is 2.39. The number of esters is 1. The minimum Gasteiger partial charge on any atom is -0.497 e. The number of aryl methyl sites for hydroxylation is 2. The topological polar surface area (TPSA) is 104 Å². The van der Waals surface area contributed by atoms with E-state index in [1.165, 1.54) is 35.3 Å². The lowest BCUT2D eigenvalue weighted by Gasteiger charge is -2.08. The first-order valence-corrected chi connectivity index (χ1v) is 12.1. The van der Waals surface area contributed by atoms with Crippen molar-refractivity contribution in [3.63, 3.8) is 0 Å².